The fourth-order valence-electron chi connectivity index (χ4n) is 2.05. The number of aromatic hydroxyl groups is 1. The molecule has 3 nitrogen and oxygen atoms in total. The van der Waals surface area contributed by atoms with Crippen molar-refractivity contribution in [2.75, 3.05) is 5.32 Å². The van der Waals surface area contributed by atoms with Crippen molar-refractivity contribution in [3.05, 3.63) is 67.2 Å². The molecule has 0 amide bonds. The van der Waals surface area contributed by atoms with Crippen LogP contribution in [-0.2, 0) is 11.2 Å². The van der Waals surface area contributed by atoms with Gasteiger partial charge in [0.2, 0.25) is 0 Å². The van der Waals surface area contributed by atoms with E-state index in [-0.39, 0.29) is 11.3 Å². The molecule has 0 atom stereocenters. The molecule has 0 aliphatic heterocycles. The number of halogens is 6. The van der Waals surface area contributed by atoms with Crippen molar-refractivity contribution in [1.82, 2.24) is 0 Å². The lowest BCUT2D eigenvalue weighted by Crippen LogP contribution is -2.26. The van der Waals surface area contributed by atoms with Crippen LogP contribution >= 0.6 is 47.8 Å². The summed E-state index contributed by atoms with van der Waals surface area (Å²) < 4.78 is 40.5. The molecule has 9 heteroatoms. The highest BCUT2D eigenvalue weighted by Gasteiger charge is 2.40. The van der Waals surface area contributed by atoms with Crippen LogP contribution < -0.4 is 5.32 Å². The quantitative estimate of drug-likeness (QED) is 0.421. The van der Waals surface area contributed by atoms with E-state index in [2.05, 4.69) is 53.1 Å². The largest absolute Gasteiger partial charge is 0.506 e. The molecule has 0 aliphatic rings. The van der Waals surface area contributed by atoms with Crippen LogP contribution in [0.5, 0.6) is 5.75 Å². The number of nitrogens with one attached hydrogen (secondary N) is 1. The molecule has 138 valence electrons. The highest BCUT2D eigenvalue weighted by atomic mass is 79.9. The zero-order valence-corrected chi connectivity index (χ0v) is 17.6. The van der Waals surface area contributed by atoms with Crippen LogP contribution in [0.3, 0.4) is 0 Å². The zero-order valence-electron chi connectivity index (χ0n) is 12.9. The van der Waals surface area contributed by atoms with Crippen molar-refractivity contribution in [3.63, 3.8) is 0 Å². The predicted molar refractivity (Wildman–Crippen MR) is 104 cm³/mol. The van der Waals surface area contributed by atoms with Crippen LogP contribution in [0, 0.1) is 0 Å². The van der Waals surface area contributed by atoms with Gasteiger partial charge in [-0.2, -0.15) is 13.2 Å². The summed E-state index contributed by atoms with van der Waals surface area (Å²) >= 11 is 9.59. The van der Waals surface area contributed by atoms with Gasteiger partial charge in [-0.25, -0.2) is 0 Å². The van der Waals surface area contributed by atoms with Crippen LogP contribution in [0.1, 0.15) is 5.56 Å². The second-order valence-electron chi connectivity index (χ2n) is 5.22. The topological polar surface area (TPSA) is 49.3 Å². The van der Waals surface area contributed by atoms with Gasteiger partial charge >= 0.3 is 6.18 Å². The van der Waals surface area contributed by atoms with Gasteiger partial charge in [0, 0.05) is 38.4 Å². The Labute approximate surface area is 172 Å². The van der Waals surface area contributed by atoms with Crippen molar-refractivity contribution in [1.29, 1.82) is 0 Å². The van der Waals surface area contributed by atoms with E-state index in [9.17, 15) is 23.1 Å². The van der Waals surface area contributed by atoms with E-state index >= 15 is 0 Å². The van der Waals surface area contributed by atoms with Crippen molar-refractivity contribution >= 4 is 59.3 Å². The molecule has 0 spiro atoms. The van der Waals surface area contributed by atoms with Gasteiger partial charge < -0.3 is 10.4 Å². The number of ketones is 1. The maximum Gasteiger partial charge on any atom is 0.454 e. The molecule has 2 aromatic carbocycles. The van der Waals surface area contributed by atoms with Gasteiger partial charge in [-0.05, 0) is 52.3 Å². The van der Waals surface area contributed by atoms with Gasteiger partial charge in [-0.3, -0.25) is 4.79 Å². The molecule has 0 radical (unpaired) electrons. The number of carbonyl (C=O) groups excluding carboxylic acids is 1. The first-order valence-corrected chi connectivity index (χ1v) is 9.45. The average molecular weight is 558 g/mol. The van der Waals surface area contributed by atoms with Gasteiger partial charge in [0.1, 0.15) is 5.75 Å². The van der Waals surface area contributed by atoms with Gasteiger partial charge in [-0.1, -0.05) is 31.9 Å². The van der Waals surface area contributed by atoms with E-state index in [0.717, 1.165) is 10.7 Å². The summed E-state index contributed by atoms with van der Waals surface area (Å²) in [6, 6.07) is 9.70. The fraction of sp³-hybridized carbons (Fsp3) is 0.118. The molecule has 0 unspecified atom stereocenters. The lowest BCUT2D eigenvalue weighted by molar-refractivity contribution is -0.166. The standard InChI is InChI=1S/C17H11Br3F3NO2/c18-11-1-3-13(4-2-11)24-8-10(16(26)17(21,22)23)5-9-6-12(19)7-14(20)15(9)25/h1-4,6-8,24-25H,5H2/b10-8+. The van der Waals surface area contributed by atoms with Gasteiger partial charge in [-0.15, -0.1) is 0 Å². The number of phenolic OH excluding ortho intramolecular Hbond substituents is 1. The molecular formula is C17H11Br3F3NO2. The number of Topliss-reactive ketones (excluding diaryl/α,β-unsaturated/α-hetero) is 1. The Balaban J connectivity index is 2.37. The normalized spacial score (nSPS) is 12.2. The predicted octanol–water partition coefficient (Wildman–Crippen LogP) is 6.35. The molecule has 0 fully saturated rings. The number of rotatable bonds is 5. The number of allylic oxidation sites excluding steroid dienone is 1. The monoisotopic (exact) mass is 555 g/mol. The minimum absolute atomic E-state index is 0.174. The second kappa shape index (κ2) is 8.58. The molecule has 0 bridgehead atoms. The molecule has 2 rings (SSSR count). The van der Waals surface area contributed by atoms with E-state index in [1.165, 1.54) is 6.07 Å². The number of phenols is 1. The summed E-state index contributed by atoms with van der Waals surface area (Å²) in [5, 5.41) is 12.7. The summed E-state index contributed by atoms with van der Waals surface area (Å²) in [5.41, 5.74) is 0.161. The maximum absolute atomic E-state index is 12.9. The Hall–Kier alpha value is -1.32. The van der Waals surface area contributed by atoms with E-state index in [0.29, 0.717) is 14.6 Å². The number of anilines is 1. The van der Waals surface area contributed by atoms with Crippen LogP contribution in [-0.4, -0.2) is 17.1 Å². The summed E-state index contributed by atoms with van der Waals surface area (Å²) in [7, 11) is 0. The summed E-state index contributed by atoms with van der Waals surface area (Å²) in [6.07, 6.45) is -4.41. The Bertz CT molecular complexity index is 850. The van der Waals surface area contributed by atoms with Gasteiger partial charge in [0.25, 0.3) is 5.78 Å². The van der Waals surface area contributed by atoms with Gasteiger partial charge in [0.05, 0.1) is 4.47 Å². The SMILES string of the molecule is O=C(/C(=C/Nc1ccc(Br)cc1)Cc1cc(Br)cc(Br)c1O)C(F)(F)F. The number of hydrogen-bond donors (Lipinski definition) is 2. The molecule has 26 heavy (non-hydrogen) atoms. The first-order valence-electron chi connectivity index (χ1n) is 7.07. The lowest BCUT2D eigenvalue weighted by atomic mass is 10.0. The first kappa shape index (κ1) is 21.0. The molecule has 0 heterocycles. The van der Waals surface area contributed by atoms with Crippen LogP contribution in [0.25, 0.3) is 0 Å². The zero-order chi connectivity index (χ0) is 19.5. The molecule has 0 saturated carbocycles. The van der Waals surface area contributed by atoms with Crippen molar-refractivity contribution in [2.45, 2.75) is 12.6 Å². The van der Waals surface area contributed by atoms with E-state index in [1.807, 2.05) is 0 Å². The smallest absolute Gasteiger partial charge is 0.454 e. The Morgan fingerprint density at radius 1 is 1.08 bits per heavy atom. The van der Waals surface area contributed by atoms with E-state index in [4.69, 9.17) is 0 Å². The second-order valence-corrected chi connectivity index (χ2v) is 7.91. The molecule has 0 saturated heterocycles. The first-order chi connectivity index (χ1) is 12.1. The fourth-order valence-corrected chi connectivity index (χ4v) is 3.63. The Morgan fingerprint density at radius 2 is 1.69 bits per heavy atom. The highest BCUT2D eigenvalue weighted by molar-refractivity contribution is 9.11. The van der Waals surface area contributed by atoms with Crippen LogP contribution in [0.2, 0.25) is 0 Å². The van der Waals surface area contributed by atoms with Crippen molar-refractivity contribution in [2.24, 2.45) is 0 Å². The van der Waals surface area contributed by atoms with E-state index < -0.39 is 24.0 Å². The molecule has 0 aromatic heterocycles. The van der Waals surface area contributed by atoms with Crippen LogP contribution in [0.15, 0.2) is 61.6 Å². The average Bonchev–Trinajstić information content (AvgIpc) is 2.55. The maximum atomic E-state index is 12.9. The summed E-state index contributed by atoms with van der Waals surface area (Å²) in [6.45, 7) is 0. The van der Waals surface area contributed by atoms with Crippen molar-refractivity contribution < 1.29 is 23.1 Å². The number of carbonyl (C=O) groups is 1. The Kier molecular flexibility index (Phi) is 6.92. The summed E-state index contributed by atoms with van der Waals surface area (Å²) in [4.78, 5) is 11.8. The third kappa shape index (κ3) is 5.59. The minimum Gasteiger partial charge on any atom is -0.506 e. The van der Waals surface area contributed by atoms with E-state index in [1.54, 1.807) is 30.3 Å². The molecular weight excluding hydrogens is 547 g/mol. The molecule has 2 N–H and O–H groups in total. The van der Waals surface area contributed by atoms with Crippen LogP contribution in [0.4, 0.5) is 18.9 Å². The minimum atomic E-state index is -5.02. The van der Waals surface area contributed by atoms with Gasteiger partial charge in [0.15, 0.2) is 0 Å². The number of hydrogen-bond acceptors (Lipinski definition) is 3. The molecule has 2 aromatic rings. The highest BCUT2D eigenvalue weighted by Crippen LogP contribution is 2.34. The third-order valence-corrected chi connectivity index (χ3v) is 4.89. The lowest BCUT2D eigenvalue weighted by Gasteiger charge is -2.13. The molecule has 0 aliphatic carbocycles. The number of benzene rings is 2. The number of alkyl halides is 3. The van der Waals surface area contributed by atoms with Crippen molar-refractivity contribution in [3.8, 4) is 5.75 Å². The summed E-state index contributed by atoms with van der Waals surface area (Å²) in [5.74, 6) is -2.20. The third-order valence-electron chi connectivity index (χ3n) is 3.29. The Morgan fingerprint density at radius 3 is 2.27 bits per heavy atom.